The zero-order valence-electron chi connectivity index (χ0n) is 11.2. The first-order chi connectivity index (χ1) is 8.68. The highest BCUT2D eigenvalue weighted by atomic mass is 32.2. The van der Waals surface area contributed by atoms with Crippen LogP contribution in [0.5, 0.6) is 0 Å². The summed E-state index contributed by atoms with van der Waals surface area (Å²) in [6, 6.07) is 9.94. The molecule has 0 N–H and O–H groups in total. The van der Waals surface area contributed by atoms with Gasteiger partial charge in [-0.3, -0.25) is 4.79 Å². The van der Waals surface area contributed by atoms with Crippen LogP contribution in [0.25, 0.3) is 0 Å². The van der Waals surface area contributed by atoms with Gasteiger partial charge in [0.1, 0.15) is 4.75 Å². The fourth-order valence-corrected chi connectivity index (χ4v) is 2.85. The lowest BCUT2D eigenvalue weighted by Gasteiger charge is -2.25. The molecule has 0 fully saturated rings. The molecule has 0 aliphatic rings. The van der Waals surface area contributed by atoms with Crippen molar-refractivity contribution in [3.05, 3.63) is 42.5 Å². The Morgan fingerprint density at radius 3 is 2.50 bits per heavy atom. The van der Waals surface area contributed by atoms with Crippen molar-refractivity contribution >= 4 is 17.7 Å². The van der Waals surface area contributed by atoms with E-state index < -0.39 is 4.75 Å². The van der Waals surface area contributed by atoms with Gasteiger partial charge in [0.05, 0.1) is 7.11 Å². The van der Waals surface area contributed by atoms with Crippen LogP contribution in [0, 0.1) is 0 Å². The Kier molecular flexibility index (Phi) is 5.99. The normalized spacial score (nSPS) is 14.4. The Bertz CT molecular complexity index is 400. The first kappa shape index (κ1) is 14.8. The maximum atomic E-state index is 12.1. The number of esters is 1. The molecule has 0 radical (unpaired) electrons. The molecule has 1 rings (SSSR count). The molecule has 0 aromatic heterocycles. The van der Waals surface area contributed by atoms with Crippen molar-refractivity contribution in [2.45, 2.75) is 36.3 Å². The van der Waals surface area contributed by atoms with Gasteiger partial charge in [-0.25, -0.2) is 0 Å². The second-order valence-corrected chi connectivity index (χ2v) is 5.36. The first-order valence-electron chi connectivity index (χ1n) is 6.18. The van der Waals surface area contributed by atoms with Crippen molar-refractivity contribution < 1.29 is 9.53 Å². The Balaban J connectivity index is 3.03. The minimum Gasteiger partial charge on any atom is -0.468 e. The lowest BCUT2D eigenvalue weighted by molar-refractivity contribution is -0.142. The predicted molar refractivity (Wildman–Crippen MR) is 76.8 cm³/mol. The number of hydrogen-bond acceptors (Lipinski definition) is 3. The maximum absolute atomic E-state index is 12.1. The van der Waals surface area contributed by atoms with E-state index in [4.69, 9.17) is 4.74 Å². The summed E-state index contributed by atoms with van der Waals surface area (Å²) in [7, 11) is 1.44. The van der Waals surface area contributed by atoms with Crippen LogP contribution in [0.1, 0.15) is 26.7 Å². The van der Waals surface area contributed by atoms with Gasteiger partial charge in [-0.15, -0.1) is 11.8 Å². The van der Waals surface area contributed by atoms with Gasteiger partial charge in [0, 0.05) is 4.90 Å². The van der Waals surface area contributed by atoms with E-state index in [9.17, 15) is 4.79 Å². The summed E-state index contributed by atoms with van der Waals surface area (Å²) in [6.07, 6.45) is 5.61. The molecule has 0 saturated heterocycles. The van der Waals surface area contributed by atoms with Crippen LogP contribution in [0.15, 0.2) is 47.4 Å². The summed E-state index contributed by atoms with van der Waals surface area (Å²) in [4.78, 5) is 13.2. The topological polar surface area (TPSA) is 26.3 Å². The van der Waals surface area contributed by atoms with Crippen LogP contribution in [-0.4, -0.2) is 17.8 Å². The molecule has 1 aromatic rings. The SMILES string of the molecule is CC/C=C/C(CC)(Sc1ccccc1)C(=O)OC. The zero-order valence-corrected chi connectivity index (χ0v) is 12.0. The number of methoxy groups -OCH3 is 1. The maximum Gasteiger partial charge on any atom is 0.326 e. The van der Waals surface area contributed by atoms with Crippen molar-refractivity contribution in [2.75, 3.05) is 7.11 Å². The van der Waals surface area contributed by atoms with Crippen LogP contribution in [0.4, 0.5) is 0 Å². The molecule has 0 amide bonds. The van der Waals surface area contributed by atoms with Crippen LogP contribution >= 0.6 is 11.8 Å². The monoisotopic (exact) mass is 264 g/mol. The third-order valence-corrected chi connectivity index (χ3v) is 4.19. The molecule has 18 heavy (non-hydrogen) atoms. The van der Waals surface area contributed by atoms with Gasteiger partial charge in [0.25, 0.3) is 0 Å². The third-order valence-electron chi connectivity index (χ3n) is 2.72. The molecular formula is C15H20O2S. The molecule has 2 nitrogen and oxygen atoms in total. The molecule has 0 saturated carbocycles. The highest BCUT2D eigenvalue weighted by Gasteiger charge is 2.36. The van der Waals surface area contributed by atoms with E-state index in [1.54, 1.807) is 11.8 Å². The average Bonchev–Trinajstić information content (AvgIpc) is 2.43. The largest absolute Gasteiger partial charge is 0.468 e. The third kappa shape index (κ3) is 3.64. The number of benzene rings is 1. The van der Waals surface area contributed by atoms with Crippen molar-refractivity contribution in [3.8, 4) is 0 Å². The van der Waals surface area contributed by atoms with Gasteiger partial charge >= 0.3 is 5.97 Å². The quantitative estimate of drug-likeness (QED) is 0.440. The average molecular weight is 264 g/mol. The van der Waals surface area contributed by atoms with E-state index in [0.717, 1.165) is 11.3 Å². The fourth-order valence-electron chi connectivity index (χ4n) is 1.66. The molecule has 0 aliphatic heterocycles. The van der Waals surface area contributed by atoms with Crippen molar-refractivity contribution in [3.63, 3.8) is 0 Å². The highest BCUT2D eigenvalue weighted by Crippen LogP contribution is 2.38. The molecule has 1 aromatic carbocycles. The first-order valence-corrected chi connectivity index (χ1v) is 7.00. The Hall–Kier alpha value is -1.22. The Morgan fingerprint density at radius 2 is 2.00 bits per heavy atom. The van der Waals surface area contributed by atoms with Crippen molar-refractivity contribution in [1.82, 2.24) is 0 Å². The van der Waals surface area contributed by atoms with E-state index in [1.807, 2.05) is 49.4 Å². The molecule has 0 spiro atoms. The molecule has 3 heteroatoms. The zero-order chi connectivity index (χ0) is 13.4. The molecule has 1 atom stereocenters. The molecule has 0 aliphatic carbocycles. The Morgan fingerprint density at radius 1 is 1.33 bits per heavy atom. The van der Waals surface area contributed by atoms with Crippen LogP contribution in [0.3, 0.4) is 0 Å². The van der Waals surface area contributed by atoms with Crippen molar-refractivity contribution in [2.24, 2.45) is 0 Å². The minimum atomic E-state index is -0.619. The summed E-state index contributed by atoms with van der Waals surface area (Å²) in [5.74, 6) is -0.191. The van der Waals surface area contributed by atoms with Crippen LogP contribution in [-0.2, 0) is 9.53 Å². The number of rotatable bonds is 6. The standard InChI is InChI=1S/C15H20O2S/c1-4-6-12-15(5-2,14(16)17-3)18-13-10-8-7-9-11-13/h6-12H,4-5H2,1-3H3/b12-6+. The summed E-state index contributed by atoms with van der Waals surface area (Å²) >= 11 is 1.55. The van der Waals surface area contributed by atoms with Gasteiger partial charge in [-0.2, -0.15) is 0 Å². The number of carbonyl (C=O) groups is 1. The Labute approximate surface area is 113 Å². The fraction of sp³-hybridized carbons (Fsp3) is 0.400. The summed E-state index contributed by atoms with van der Waals surface area (Å²) < 4.78 is 4.35. The smallest absolute Gasteiger partial charge is 0.326 e. The number of carbonyl (C=O) groups excluding carboxylic acids is 1. The number of allylic oxidation sites excluding steroid dienone is 1. The number of ether oxygens (including phenoxy) is 1. The van der Waals surface area contributed by atoms with E-state index in [2.05, 4.69) is 6.92 Å². The molecule has 98 valence electrons. The van der Waals surface area contributed by atoms with Gasteiger partial charge in [0.15, 0.2) is 0 Å². The molecular weight excluding hydrogens is 244 g/mol. The van der Waals surface area contributed by atoms with E-state index in [1.165, 1.54) is 7.11 Å². The van der Waals surface area contributed by atoms with E-state index in [-0.39, 0.29) is 5.97 Å². The highest BCUT2D eigenvalue weighted by molar-refractivity contribution is 8.01. The summed E-state index contributed by atoms with van der Waals surface area (Å²) in [6.45, 7) is 4.06. The molecule has 0 bridgehead atoms. The second-order valence-electron chi connectivity index (χ2n) is 3.96. The van der Waals surface area contributed by atoms with Gasteiger partial charge in [-0.05, 0) is 25.0 Å². The molecule has 0 heterocycles. The number of hydrogen-bond donors (Lipinski definition) is 0. The van der Waals surface area contributed by atoms with Crippen molar-refractivity contribution in [1.29, 1.82) is 0 Å². The summed E-state index contributed by atoms with van der Waals surface area (Å²) in [5, 5.41) is 0. The lowest BCUT2D eigenvalue weighted by atomic mass is 10.0. The van der Waals surface area contributed by atoms with Gasteiger partial charge < -0.3 is 4.74 Å². The predicted octanol–water partition coefficient (Wildman–Crippen LogP) is 4.07. The minimum absolute atomic E-state index is 0.191. The van der Waals surface area contributed by atoms with Crippen LogP contribution < -0.4 is 0 Å². The second kappa shape index (κ2) is 7.27. The molecule has 1 unspecified atom stereocenters. The van der Waals surface area contributed by atoms with Gasteiger partial charge in [-0.1, -0.05) is 44.2 Å². The van der Waals surface area contributed by atoms with Crippen LogP contribution in [0.2, 0.25) is 0 Å². The van der Waals surface area contributed by atoms with E-state index in [0.29, 0.717) is 6.42 Å². The van der Waals surface area contributed by atoms with E-state index >= 15 is 0 Å². The van der Waals surface area contributed by atoms with Gasteiger partial charge in [0.2, 0.25) is 0 Å². The summed E-state index contributed by atoms with van der Waals surface area (Å²) in [5.41, 5.74) is 0. The lowest BCUT2D eigenvalue weighted by Crippen LogP contribution is -2.33. The number of thioether (sulfide) groups is 1.